The van der Waals surface area contributed by atoms with Gasteiger partial charge in [0.15, 0.2) is 0 Å². The highest BCUT2D eigenvalue weighted by Gasteiger charge is 2.12. The number of carbonyl (C=O) groups is 2. The smallest absolute Gasteiger partial charge is 0.269 e. The first-order chi connectivity index (χ1) is 13.0. The van der Waals surface area contributed by atoms with Crippen LogP contribution < -0.4 is 10.6 Å². The lowest BCUT2D eigenvalue weighted by Gasteiger charge is -2.10. The number of amides is 2. The largest absolute Gasteiger partial charge is 0.342 e. The van der Waals surface area contributed by atoms with Crippen molar-refractivity contribution in [2.24, 2.45) is 7.05 Å². The molecule has 3 aromatic heterocycles. The summed E-state index contributed by atoms with van der Waals surface area (Å²) in [6.07, 6.45) is 6.85. The normalized spacial score (nSPS) is 10.5. The molecule has 0 fully saturated rings. The molecule has 138 valence electrons. The summed E-state index contributed by atoms with van der Waals surface area (Å²) < 4.78 is 1.44. The number of rotatable bonds is 5. The third-order valence-corrected chi connectivity index (χ3v) is 4.11. The average molecular weight is 364 g/mol. The summed E-state index contributed by atoms with van der Waals surface area (Å²) in [6.45, 7) is 3.84. The van der Waals surface area contributed by atoms with E-state index in [4.69, 9.17) is 0 Å². The second-order valence-electron chi connectivity index (χ2n) is 6.15. The van der Waals surface area contributed by atoms with E-state index in [1.54, 1.807) is 25.4 Å². The van der Waals surface area contributed by atoms with Crippen LogP contribution in [0.5, 0.6) is 0 Å². The molecular weight excluding hydrogens is 344 g/mol. The van der Waals surface area contributed by atoms with Gasteiger partial charge in [0.25, 0.3) is 5.91 Å². The minimum Gasteiger partial charge on any atom is -0.342 e. The highest BCUT2D eigenvalue weighted by Crippen LogP contribution is 2.26. The van der Waals surface area contributed by atoms with Crippen molar-refractivity contribution >= 4 is 17.6 Å². The molecular formula is C19H20N6O2. The number of hydrogen-bond acceptors (Lipinski definition) is 5. The summed E-state index contributed by atoms with van der Waals surface area (Å²) in [7, 11) is 1.66. The van der Waals surface area contributed by atoms with Crippen LogP contribution in [0.2, 0.25) is 0 Å². The molecule has 8 nitrogen and oxygen atoms in total. The van der Waals surface area contributed by atoms with E-state index in [9.17, 15) is 9.59 Å². The van der Waals surface area contributed by atoms with Gasteiger partial charge in [-0.05, 0) is 48.7 Å². The van der Waals surface area contributed by atoms with Gasteiger partial charge in [-0.25, -0.2) is 4.98 Å². The molecule has 8 heteroatoms. The van der Waals surface area contributed by atoms with Gasteiger partial charge >= 0.3 is 0 Å². The molecule has 2 amide bonds. The fourth-order valence-corrected chi connectivity index (χ4v) is 2.81. The number of hydrogen-bond donors (Lipinski definition) is 2. The summed E-state index contributed by atoms with van der Waals surface area (Å²) in [4.78, 5) is 32.5. The maximum Gasteiger partial charge on any atom is 0.269 e. The van der Waals surface area contributed by atoms with Crippen LogP contribution >= 0.6 is 0 Å². The van der Waals surface area contributed by atoms with E-state index in [0.717, 1.165) is 22.3 Å². The standard InChI is InChI=1S/C19H20N6O2/c1-12-8-20-9-13(2)18(12)14-4-5-16(21-10-14)24-17(26)11-22-19(27)15-6-7-23-25(15)3/h4-10H,11H2,1-3H3,(H,22,27)(H,21,24,26). The van der Waals surface area contributed by atoms with Crippen LogP contribution in [-0.2, 0) is 11.8 Å². The lowest BCUT2D eigenvalue weighted by Crippen LogP contribution is -2.34. The van der Waals surface area contributed by atoms with Gasteiger partial charge in [-0.15, -0.1) is 0 Å². The molecule has 0 aliphatic rings. The first-order valence-electron chi connectivity index (χ1n) is 8.39. The molecule has 3 heterocycles. The van der Waals surface area contributed by atoms with Crippen molar-refractivity contribution in [2.45, 2.75) is 13.8 Å². The Morgan fingerprint density at radius 3 is 2.41 bits per heavy atom. The van der Waals surface area contributed by atoms with Gasteiger partial charge in [0.1, 0.15) is 11.5 Å². The monoisotopic (exact) mass is 364 g/mol. The van der Waals surface area contributed by atoms with E-state index in [1.807, 2.05) is 32.3 Å². The number of anilines is 1. The summed E-state index contributed by atoms with van der Waals surface area (Å²) in [6, 6.07) is 5.21. The van der Waals surface area contributed by atoms with E-state index >= 15 is 0 Å². The van der Waals surface area contributed by atoms with Gasteiger partial charge in [-0.1, -0.05) is 0 Å². The fraction of sp³-hybridized carbons (Fsp3) is 0.211. The van der Waals surface area contributed by atoms with Gasteiger partial charge in [0.05, 0.1) is 6.54 Å². The van der Waals surface area contributed by atoms with Crippen molar-refractivity contribution in [3.63, 3.8) is 0 Å². The van der Waals surface area contributed by atoms with Crippen molar-refractivity contribution in [1.29, 1.82) is 0 Å². The van der Waals surface area contributed by atoms with Gasteiger partial charge in [0, 0.05) is 37.4 Å². The Morgan fingerprint density at radius 2 is 1.81 bits per heavy atom. The number of nitrogens with zero attached hydrogens (tertiary/aromatic N) is 4. The van der Waals surface area contributed by atoms with Crippen LogP contribution in [0.3, 0.4) is 0 Å². The zero-order chi connectivity index (χ0) is 19.4. The van der Waals surface area contributed by atoms with Gasteiger partial charge in [0.2, 0.25) is 5.91 Å². The molecule has 0 aliphatic heterocycles. The maximum atomic E-state index is 12.0. The summed E-state index contributed by atoms with van der Waals surface area (Å²) >= 11 is 0. The van der Waals surface area contributed by atoms with Crippen LogP contribution in [0.1, 0.15) is 21.6 Å². The second kappa shape index (κ2) is 7.77. The predicted molar refractivity (Wildman–Crippen MR) is 101 cm³/mol. The van der Waals surface area contributed by atoms with Crippen molar-refractivity contribution in [3.8, 4) is 11.1 Å². The molecule has 2 N–H and O–H groups in total. The van der Waals surface area contributed by atoms with Crippen LogP contribution in [0, 0.1) is 13.8 Å². The minimum absolute atomic E-state index is 0.157. The van der Waals surface area contributed by atoms with E-state index in [0.29, 0.717) is 11.5 Å². The molecule has 0 bridgehead atoms. The lowest BCUT2D eigenvalue weighted by atomic mass is 10.00. The zero-order valence-corrected chi connectivity index (χ0v) is 15.4. The molecule has 27 heavy (non-hydrogen) atoms. The third-order valence-electron chi connectivity index (χ3n) is 4.11. The predicted octanol–water partition coefficient (Wildman–Crippen LogP) is 1.86. The second-order valence-corrected chi connectivity index (χ2v) is 6.15. The van der Waals surface area contributed by atoms with Crippen molar-refractivity contribution in [2.75, 3.05) is 11.9 Å². The molecule has 0 unspecified atom stereocenters. The molecule has 0 aliphatic carbocycles. The van der Waals surface area contributed by atoms with Gasteiger partial charge in [-0.2, -0.15) is 5.10 Å². The Hall–Kier alpha value is -3.55. The highest BCUT2D eigenvalue weighted by atomic mass is 16.2. The quantitative estimate of drug-likeness (QED) is 0.719. The zero-order valence-electron chi connectivity index (χ0n) is 15.4. The SMILES string of the molecule is Cc1cncc(C)c1-c1ccc(NC(=O)CNC(=O)c2ccnn2C)nc1. The molecule has 0 saturated heterocycles. The Balaban J connectivity index is 1.60. The number of aromatic nitrogens is 4. The number of nitrogens with one attached hydrogen (secondary N) is 2. The summed E-state index contributed by atoms with van der Waals surface area (Å²) in [5, 5.41) is 9.14. The van der Waals surface area contributed by atoms with Crippen molar-refractivity contribution < 1.29 is 9.59 Å². The first kappa shape index (κ1) is 18.2. The minimum atomic E-state index is -0.364. The fourth-order valence-electron chi connectivity index (χ4n) is 2.81. The Morgan fingerprint density at radius 1 is 1.07 bits per heavy atom. The van der Waals surface area contributed by atoms with Crippen LogP contribution in [0.4, 0.5) is 5.82 Å². The Labute approximate surface area is 156 Å². The Kier molecular flexibility index (Phi) is 5.25. The highest BCUT2D eigenvalue weighted by molar-refractivity contribution is 5.98. The van der Waals surface area contributed by atoms with Crippen LogP contribution in [-0.4, -0.2) is 38.1 Å². The first-order valence-corrected chi connectivity index (χ1v) is 8.39. The van der Waals surface area contributed by atoms with E-state index < -0.39 is 0 Å². The van der Waals surface area contributed by atoms with E-state index in [1.165, 1.54) is 10.9 Å². The van der Waals surface area contributed by atoms with E-state index in [-0.39, 0.29) is 18.4 Å². The topological polar surface area (TPSA) is 102 Å². The van der Waals surface area contributed by atoms with Gasteiger partial charge in [-0.3, -0.25) is 19.3 Å². The van der Waals surface area contributed by atoms with Crippen LogP contribution in [0.25, 0.3) is 11.1 Å². The van der Waals surface area contributed by atoms with Crippen molar-refractivity contribution in [1.82, 2.24) is 25.1 Å². The molecule has 0 atom stereocenters. The van der Waals surface area contributed by atoms with Crippen LogP contribution in [0.15, 0.2) is 43.0 Å². The number of pyridine rings is 2. The molecule has 3 rings (SSSR count). The molecule has 0 spiro atoms. The number of aryl methyl sites for hydroxylation is 3. The molecule has 0 saturated carbocycles. The molecule has 0 aromatic carbocycles. The molecule has 3 aromatic rings. The summed E-state index contributed by atoms with van der Waals surface area (Å²) in [5.74, 6) is -0.304. The van der Waals surface area contributed by atoms with Crippen molar-refractivity contribution in [3.05, 3.63) is 59.8 Å². The lowest BCUT2D eigenvalue weighted by molar-refractivity contribution is -0.115. The maximum absolute atomic E-state index is 12.0. The third kappa shape index (κ3) is 4.17. The number of carbonyl (C=O) groups excluding carboxylic acids is 2. The summed E-state index contributed by atoms with van der Waals surface area (Å²) in [5.41, 5.74) is 4.54. The van der Waals surface area contributed by atoms with Gasteiger partial charge < -0.3 is 10.6 Å². The van der Waals surface area contributed by atoms with E-state index in [2.05, 4.69) is 25.7 Å². The Bertz CT molecular complexity index is 958. The average Bonchev–Trinajstić information content (AvgIpc) is 3.07. The molecule has 0 radical (unpaired) electrons.